The second-order valence-electron chi connectivity index (χ2n) is 6.92. The standard InChI is InChI=1S/C22H21N5O3S/c1-13-7-6-9-17(14(13)2)27-20-15(11-23-27)21(29)26-22(25-20)31-12-19(28)24-16-8-4-5-10-18(16)30-3/h4-11H,12H2,1-3H3,(H,24,28)(H,25,26,29). The third kappa shape index (κ3) is 4.17. The smallest absolute Gasteiger partial charge is 0.262 e. The van der Waals surface area contributed by atoms with Gasteiger partial charge in [-0.2, -0.15) is 5.10 Å². The lowest BCUT2D eigenvalue weighted by Crippen LogP contribution is -2.16. The molecule has 2 heterocycles. The molecule has 0 saturated heterocycles. The van der Waals surface area contributed by atoms with E-state index in [1.807, 2.05) is 44.2 Å². The SMILES string of the molecule is COc1ccccc1NC(=O)CSc1nc2c(cnn2-c2cccc(C)c2C)c(=O)[nH]1. The molecule has 0 radical (unpaired) electrons. The fourth-order valence-electron chi connectivity index (χ4n) is 3.18. The van der Waals surface area contributed by atoms with Gasteiger partial charge in [-0.1, -0.05) is 36.0 Å². The number of nitrogens with one attached hydrogen (secondary N) is 2. The number of fused-ring (bicyclic) bond motifs is 1. The molecule has 2 aromatic heterocycles. The number of para-hydroxylation sites is 2. The maximum atomic E-state index is 12.5. The minimum atomic E-state index is -0.297. The number of aromatic nitrogens is 4. The van der Waals surface area contributed by atoms with Gasteiger partial charge in [-0.3, -0.25) is 9.59 Å². The maximum absolute atomic E-state index is 12.5. The van der Waals surface area contributed by atoms with Gasteiger partial charge in [0.1, 0.15) is 11.1 Å². The zero-order valence-corrected chi connectivity index (χ0v) is 18.1. The van der Waals surface area contributed by atoms with Crippen molar-refractivity contribution < 1.29 is 9.53 Å². The summed E-state index contributed by atoms with van der Waals surface area (Å²) in [6.45, 7) is 4.02. The number of benzene rings is 2. The van der Waals surface area contributed by atoms with Gasteiger partial charge >= 0.3 is 0 Å². The van der Waals surface area contributed by atoms with E-state index < -0.39 is 0 Å². The third-order valence-electron chi connectivity index (χ3n) is 4.94. The number of carbonyl (C=O) groups is 1. The summed E-state index contributed by atoms with van der Waals surface area (Å²) < 4.78 is 6.90. The topological polar surface area (TPSA) is 102 Å². The average molecular weight is 436 g/mol. The quantitative estimate of drug-likeness (QED) is 0.355. The zero-order valence-electron chi connectivity index (χ0n) is 17.3. The van der Waals surface area contributed by atoms with Crippen LogP contribution in [0.1, 0.15) is 11.1 Å². The number of nitrogens with zero attached hydrogens (tertiary/aromatic N) is 3. The Kier molecular flexibility index (Phi) is 5.77. The molecular weight excluding hydrogens is 414 g/mol. The number of aryl methyl sites for hydroxylation is 1. The first-order valence-electron chi connectivity index (χ1n) is 9.58. The van der Waals surface area contributed by atoms with E-state index in [2.05, 4.69) is 20.4 Å². The van der Waals surface area contributed by atoms with Gasteiger partial charge in [-0.15, -0.1) is 0 Å². The molecule has 0 spiro atoms. The van der Waals surface area contributed by atoms with E-state index in [9.17, 15) is 9.59 Å². The van der Waals surface area contributed by atoms with Crippen molar-refractivity contribution in [3.63, 3.8) is 0 Å². The number of amides is 1. The Morgan fingerprint density at radius 1 is 1.19 bits per heavy atom. The van der Waals surface area contributed by atoms with Gasteiger partial charge in [0.25, 0.3) is 5.56 Å². The lowest BCUT2D eigenvalue weighted by molar-refractivity contribution is -0.113. The van der Waals surface area contributed by atoms with Gasteiger partial charge in [0, 0.05) is 0 Å². The van der Waals surface area contributed by atoms with Crippen molar-refractivity contribution in [2.24, 2.45) is 0 Å². The molecule has 0 aliphatic rings. The number of aromatic amines is 1. The van der Waals surface area contributed by atoms with Crippen LogP contribution in [-0.2, 0) is 4.79 Å². The van der Waals surface area contributed by atoms with E-state index in [0.29, 0.717) is 27.6 Å². The van der Waals surface area contributed by atoms with Crippen LogP contribution in [0.25, 0.3) is 16.7 Å². The van der Waals surface area contributed by atoms with E-state index in [1.165, 1.54) is 6.20 Å². The monoisotopic (exact) mass is 435 g/mol. The molecule has 2 N–H and O–H groups in total. The minimum absolute atomic E-state index is 0.0735. The molecule has 0 fully saturated rings. The van der Waals surface area contributed by atoms with Crippen molar-refractivity contribution in [2.75, 3.05) is 18.2 Å². The zero-order chi connectivity index (χ0) is 22.0. The fourth-order valence-corrected chi connectivity index (χ4v) is 3.83. The first-order chi connectivity index (χ1) is 15.0. The predicted octanol–water partition coefficient (Wildman–Crippen LogP) is 3.47. The van der Waals surface area contributed by atoms with E-state index >= 15 is 0 Å². The predicted molar refractivity (Wildman–Crippen MR) is 121 cm³/mol. The van der Waals surface area contributed by atoms with Crippen LogP contribution in [0, 0.1) is 13.8 Å². The largest absolute Gasteiger partial charge is 0.495 e. The van der Waals surface area contributed by atoms with Crippen molar-refractivity contribution in [3.8, 4) is 11.4 Å². The summed E-state index contributed by atoms with van der Waals surface area (Å²) in [7, 11) is 1.54. The molecule has 1 amide bonds. The molecule has 4 rings (SSSR count). The normalized spacial score (nSPS) is 10.9. The number of carbonyl (C=O) groups excluding carboxylic acids is 1. The van der Waals surface area contributed by atoms with Crippen molar-refractivity contribution in [2.45, 2.75) is 19.0 Å². The van der Waals surface area contributed by atoms with Crippen LogP contribution in [0.15, 0.2) is 58.6 Å². The summed E-state index contributed by atoms with van der Waals surface area (Å²) in [6.07, 6.45) is 1.51. The second-order valence-corrected chi connectivity index (χ2v) is 7.88. The fraction of sp³-hybridized carbons (Fsp3) is 0.182. The molecule has 2 aromatic carbocycles. The Morgan fingerprint density at radius 2 is 2.00 bits per heavy atom. The Labute approximate surface area is 182 Å². The van der Waals surface area contributed by atoms with E-state index in [-0.39, 0.29) is 17.2 Å². The molecule has 0 unspecified atom stereocenters. The highest BCUT2D eigenvalue weighted by Gasteiger charge is 2.15. The minimum Gasteiger partial charge on any atom is -0.495 e. The van der Waals surface area contributed by atoms with Crippen LogP contribution < -0.4 is 15.6 Å². The Morgan fingerprint density at radius 3 is 2.81 bits per heavy atom. The van der Waals surface area contributed by atoms with Crippen LogP contribution >= 0.6 is 11.8 Å². The Balaban J connectivity index is 1.58. The van der Waals surface area contributed by atoms with E-state index in [4.69, 9.17) is 4.74 Å². The van der Waals surface area contributed by atoms with Crippen LogP contribution in [0.4, 0.5) is 5.69 Å². The van der Waals surface area contributed by atoms with Gasteiger partial charge in [0.2, 0.25) is 5.91 Å². The van der Waals surface area contributed by atoms with Crippen molar-refractivity contribution in [1.82, 2.24) is 19.7 Å². The maximum Gasteiger partial charge on any atom is 0.262 e. The van der Waals surface area contributed by atoms with Gasteiger partial charge in [0.05, 0.1) is 30.4 Å². The van der Waals surface area contributed by atoms with E-state index in [0.717, 1.165) is 28.6 Å². The van der Waals surface area contributed by atoms with Crippen LogP contribution in [-0.4, -0.2) is 38.5 Å². The molecule has 4 aromatic rings. The van der Waals surface area contributed by atoms with Crippen LogP contribution in [0.2, 0.25) is 0 Å². The first-order valence-corrected chi connectivity index (χ1v) is 10.6. The highest BCUT2D eigenvalue weighted by Crippen LogP contribution is 2.24. The number of methoxy groups -OCH3 is 1. The average Bonchev–Trinajstić information content (AvgIpc) is 3.19. The van der Waals surface area contributed by atoms with Crippen molar-refractivity contribution in [3.05, 3.63) is 70.1 Å². The third-order valence-corrected chi connectivity index (χ3v) is 5.81. The van der Waals surface area contributed by atoms with E-state index in [1.54, 1.807) is 23.9 Å². The molecular formula is C22H21N5O3S. The second kappa shape index (κ2) is 8.65. The van der Waals surface area contributed by atoms with Gasteiger partial charge in [0.15, 0.2) is 10.8 Å². The molecule has 158 valence electrons. The van der Waals surface area contributed by atoms with Gasteiger partial charge < -0.3 is 15.0 Å². The number of thioether (sulfide) groups is 1. The van der Waals surface area contributed by atoms with Crippen LogP contribution in [0.5, 0.6) is 5.75 Å². The van der Waals surface area contributed by atoms with Crippen molar-refractivity contribution in [1.29, 1.82) is 0 Å². The summed E-state index contributed by atoms with van der Waals surface area (Å²) >= 11 is 1.14. The summed E-state index contributed by atoms with van der Waals surface area (Å²) in [5, 5.41) is 7.92. The number of anilines is 1. The molecule has 0 bridgehead atoms. The van der Waals surface area contributed by atoms with Crippen molar-refractivity contribution >= 4 is 34.4 Å². The molecule has 0 aliphatic heterocycles. The molecule has 0 atom stereocenters. The molecule has 31 heavy (non-hydrogen) atoms. The summed E-state index contributed by atoms with van der Waals surface area (Å²) in [5.74, 6) is 0.413. The van der Waals surface area contributed by atoms with Crippen LogP contribution in [0.3, 0.4) is 0 Å². The molecule has 0 saturated carbocycles. The Bertz CT molecular complexity index is 1330. The number of hydrogen-bond donors (Lipinski definition) is 2. The highest BCUT2D eigenvalue weighted by molar-refractivity contribution is 7.99. The molecule has 9 heteroatoms. The summed E-state index contributed by atoms with van der Waals surface area (Å²) in [4.78, 5) is 32.2. The molecule has 0 aliphatic carbocycles. The van der Waals surface area contributed by atoms with Gasteiger partial charge in [-0.05, 0) is 43.2 Å². The summed E-state index contributed by atoms with van der Waals surface area (Å²) in [6, 6.07) is 13.1. The lowest BCUT2D eigenvalue weighted by Gasteiger charge is -2.10. The summed E-state index contributed by atoms with van der Waals surface area (Å²) in [5.41, 5.74) is 3.77. The first kappa shape index (κ1) is 20.7. The number of H-pyrrole nitrogens is 1. The number of hydrogen-bond acceptors (Lipinski definition) is 6. The number of rotatable bonds is 6. The number of ether oxygens (including phenoxy) is 1. The lowest BCUT2D eigenvalue weighted by atomic mass is 10.1. The highest BCUT2D eigenvalue weighted by atomic mass is 32.2. The molecule has 8 nitrogen and oxygen atoms in total. The Hall–Kier alpha value is -3.59. The van der Waals surface area contributed by atoms with Gasteiger partial charge in [-0.25, -0.2) is 9.67 Å².